The lowest BCUT2D eigenvalue weighted by Gasteiger charge is -2.05. The summed E-state index contributed by atoms with van der Waals surface area (Å²) in [6.07, 6.45) is 1.25. The second-order valence-corrected chi connectivity index (χ2v) is 4.82. The summed E-state index contributed by atoms with van der Waals surface area (Å²) in [6, 6.07) is 8.14. The number of hydrogen-bond donors (Lipinski definition) is 2. The topological polar surface area (TPSA) is 66.4 Å². The highest BCUT2D eigenvalue weighted by Crippen LogP contribution is 2.38. The molecule has 1 saturated carbocycles. The van der Waals surface area contributed by atoms with Crippen molar-refractivity contribution in [2.45, 2.75) is 19.8 Å². The molecule has 0 bridgehead atoms. The van der Waals surface area contributed by atoms with E-state index in [1.165, 1.54) is 11.1 Å². The highest BCUT2D eigenvalue weighted by atomic mass is 16.4. The van der Waals surface area contributed by atoms with Crippen LogP contribution in [0.3, 0.4) is 0 Å². The Morgan fingerprint density at radius 2 is 2.17 bits per heavy atom. The molecule has 0 spiro atoms. The first-order valence-electron chi connectivity index (χ1n) is 6.14. The van der Waals surface area contributed by atoms with Crippen LogP contribution >= 0.6 is 0 Å². The Balaban J connectivity index is 1.73. The lowest BCUT2D eigenvalue weighted by molar-refractivity contribution is -0.140. The third kappa shape index (κ3) is 3.09. The molecule has 1 fully saturated rings. The number of nitrogens with one attached hydrogen (secondary N) is 1. The van der Waals surface area contributed by atoms with Crippen molar-refractivity contribution in [2.24, 2.45) is 11.8 Å². The van der Waals surface area contributed by atoms with Gasteiger partial charge in [0.1, 0.15) is 0 Å². The van der Waals surface area contributed by atoms with Crippen LogP contribution in [0.5, 0.6) is 0 Å². The Labute approximate surface area is 106 Å². The van der Waals surface area contributed by atoms with Crippen molar-refractivity contribution in [2.75, 3.05) is 6.54 Å². The summed E-state index contributed by atoms with van der Waals surface area (Å²) < 4.78 is 0. The summed E-state index contributed by atoms with van der Waals surface area (Å²) in [6.45, 7) is 2.59. The molecule has 1 aliphatic rings. The first-order chi connectivity index (χ1) is 8.58. The fourth-order valence-corrected chi connectivity index (χ4v) is 2.09. The number of carboxylic acids is 1. The van der Waals surface area contributed by atoms with E-state index in [1.54, 1.807) is 0 Å². The molecule has 0 unspecified atom stereocenters. The van der Waals surface area contributed by atoms with Crippen molar-refractivity contribution in [3.05, 3.63) is 35.4 Å². The van der Waals surface area contributed by atoms with Gasteiger partial charge in [0.2, 0.25) is 5.91 Å². The van der Waals surface area contributed by atoms with Gasteiger partial charge in [-0.05, 0) is 25.3 Å². The van der Waals surface area contributed by atoms with E-state index in [1.807, 2.05) is 25.1 Å². The first-order valence-corrected chi connectivity index (χ1v) is 6.14. The molecule has 4 nitrogen and oxygen atoms in total. The van der Waals surface area contributed by atoms with Crippen molar-refractivity contribution < 1.29 is 14.7 Å². The molecular weight excluding hydrogens is 230 g/mol. The summed E-state index contributed by atoms with van der Waals surface area (Å²) in [5.41, 5.74) is 2.38. The first kappa shape index (κ1) is 12.6. The maximum atomic E-state index is 11.6. The molecule has 0 saturated heterocycles. The van der Waals surface area contributed by atoms with Crippen molar-refractivity contribution >= 4 is 11.9 Å². The minimum atomic E-state index is -0.867. The van der Waals surface area contributed by atoms with E-state index >= 15 is 0 Å². The Morgan fingerprint density at radius 1 is 1.39 bits per heavy atom. The molecule has 1 aromatic rings. The summed E-state index contributed by atoms with van der Waals surface area (Å²) in [4.78, 5) is 22.2. The molecule has 1 amide bonds. The highest BCUT2D eigenvalue weighted by Gasteiger charge is 2.48. The summed E-state index contributed by atoms with van der Waals surface area (Å²) in [5.74, 6) is -1.78. The highest BCUT2D eigenvalue weighted by molar-refractivity contribution is 5.89. The lowest BCUT2D eigenvalue weighted by atomic mass is 10.1. The average Bonchev–Trinajstić information content (AvgIpc) is 3.09. The van der Waals surface area contributed by atoms with Crippen molar-refractivity contribution in [3.63, 3.8) is 0 Å². The molecule has 96 valence electrons. The number of aryl methyl sites for hydroxylation is 1. The van der Waals surface area contributed by atoms with Gasteiger partial charge in [0.15, 0.2) is 0 Å². The van der Waals surface area contributed by atoms with Crippen LogP contribution in [0.4, 0.5) is 0 Å². The molecule has 2 atom stereocenters. The number of amides is 1. The molecule has 4 heteroatoms. The van der Waals surface area contributed by atoms with E-state index in [-0.39, 0.29) is 11.8 Å². The van der Waals surface area contributed by atoms with Crippen LogP contribution in [0, 0.1) is 18.8 Å². The van der Waals surface area contributed by atoms with Crippen LogP contribution < -0.4 is 5.32 Å². The zero-order valence-corrected chi connectivity index (χ0v) is 10.3. The Hall–Kier alpha value is -1.84. The number of carbonyl (C=O) groups is 2. The van der Waals surface area contributed by atoms with Gasteiger partial charge >= 0.3 is 5.97 Å². The van der Waals surface area contributed by atoms with Gasteiger partial charge in [-0.15, -0.1) is 0 Å². The maximum absolute atomic E-state index is 11.6. The molecule has 1 aliphatic carbocycles. The number of benzene rings is 1. The third-order valence-corrected chi connectivity index (χ3v) is 3.24. The number of rotatable bonds is 5. The van der Waals surface area contributed by atoms with E-state index in [0.717, 1.165) is 6.42 Å². The zero-order chi connectivity index (χ0) is 13.1. The second-order valence-electron chi connectivity index (χ2n) is 4.82. The maximum Gasteiger partial charge on any atom is 0.307 e. The smallest absolute Gasteiger partial charge is 0.307 e. The van der Waals surface area contributed by atoms with Crippen LogP contribution in [0.25, 0.3) is 0 Å². The van der Waals surface area contributed by atoms with E-state index in [9.17, 15) is 9.59 Å². The van der Waals surface area contributed by atoms with Crippen LogP contribution in [0.1, 0.15) is 17.5 Å². The second kappa shape index (κ2) is 5.21. The zero-order valence-electron chi connectivity index (χ0n) is 10.3. The van der Waals surface area contributed by atoms with E-state index in [4.69, 9.17) is 5.11 Å². The minimum absolute atomic E-state index is 0.130. The molecule has 0 radical (unpaired) electrons. The van der Waals surface area contributed by atoms with Crippen LogP contribution in [0.2, 0.25) is 0 Å². The fourth-order valence-electron chi connectivity index (χ4n) is 2.09. The van der Waals surface area contributed by atoms with E-state index < -0.39 is 11.9 Å². The molecule has 1 aromatic carbocycles. The molecular formula is C14H17NO3. The standard InChI is InChI=1S/C14H17NO3/c1-9-3-2-4-10(7-9)5-6-15-13(16)11-8-12(11)14(17)18/h2-4,7,11-12H,5-6,8H2,1H3,(H,15,16)(H,17,18)/t11-,12+/m1/s1. The quantitative estimate of drug-likeness (QED) is 0.826. The molecule has 0 aromatic heterocycles. The van der Waals surface area contributed by atoms with Crippen LogP contribution in [-0.4, -0.2) is 23.5 Å². The molecule has 18 heavy (non-hydrogen) atoms. The van der Waals surface area contributed by atoms with Gasteiger partial charge in [-0.1, -0.05) is 29.8 Å². The fraction of sp³-hybridized carbons (Fsp3) is 0.429. The Kier molecular flexibility index (Phi) is 3.65. The van der Waals surface area contributed by atoms with Crippen molar-refractivity contribution in [1.29, 1.82) is 0 Å². The summed E-state index contributed by atoms with van der Waals surface area (Å²) >= 11 is 0. The van der Waals surface area contributed by atoms with E-state index in [0.29, 0.717) is 13.0 Å². The molecule has 0 heterocycles. The average molecular weight is 247 g/mol. The normalized spacial score (nSPS) is 21.4. The monoisotopic (exact) mass is 247 g/mol. The van der Waals surface area contributed by atoms with Gasteiger partial charge in [-0.2, -0.15) is 0 Å². The van der Waals surface area contributed by atoms with Gasteiger partial charge < -0.3 is 10.4 Å². The minimum Gasteiger partial charge on any atom is -0.481 e. The third-order valence-electron chi connectivity index (χ3n) is 3.24. The summed E-state index contributed by atoms with van der Waals surface area (Å²) in [7, 11) is 0. The van der Waals surface area contributed by atoms with E-state index in [2.05, 4.69) is 11.4 Å². The van der Waals surface area contributed by atoms with Crippen molar-refractivity contribution in [1.82, 2.24) is 5.32 Å². The number of aliphatic carboxylic acids is 1. The number of hydrogen-bond acceptors (Lipinski definition) is 2. The number of carbonyl (C=O) groups excluding carboxylic acids is 1. The SMILES string of the molecule is Cc1cccc(CCNC(=O)[C@@H]2C[C@@H]2C(=O)O)c1. The van der Waals surface area contributed by atoms with Gasteiger partial charge in [0, 0.05) is 6.54 Å². The van der Waals surface area contributed by atoms with Crippen LogP contribution in [0.15, 0.2) is 24.3 Å². The predicted molar refractivity (Wildman–Crippen MR) is 67.1 cm³/mol. The van der Waals surface area contributed by atoms with Gasteiger partial charge in [0.25, 0.3) is 0 Å². The lowest BCUT2D eigenvalue weighted by Crippen LogP contribution is -2.28. The predicted octanol–water partition coefficient (Wildman–Crippen LogP) is 1.37. The molecule has 2 rings (SSSR count). The molecule has 0 aliphatic heterocycles. The summed E-state index contributed by atoms with van der Waals surface area (Å²) in [5, 5.41) is 11.5. The number of carboxylic acid groups (broad SMARTS) is 1. The van der Waals surface area contributed by atoms with Crippen LogP contribution in [-0.2, 0) is 16.0 Å². The van der Waals surface area contributed by atoms with Gasteiger partial charge in [-0.3, -0.25) is 9.59 Å². The Bertz CT molecular complexity index is 470. The largest absolute Gasteiger partial charge is 0.481 e. The molecule has 2 N–H and O–H groups in total. The Morgan fingerprint density at radius 3 is 2.78 bits per heavy atom. The van der Waals surface area contributed by atoms with Gasteiger partial charge in [0.05, 0.1) is 11.8 Å². The van der Waals surface area contributed by atoms with Crippen molar-refractivity contribution in [3.8, 4) is 0 Å². The van der Waals surface area contributed by atoms with Gasteiger partial charge in [-0.25, -0.2) is 0 Å².